The molecule has 1 heterocycles. The number of rotatable bonds is 6. The highest BCUT2D eigenvalue weighted by atomic mass is 35.5. The monoisotopic (exact) mass is 284 g/mol. The molecule has 1 fully saturated rings. The van der Waals surface area contributed by atoms with Gasteiger partial charge < -0.3 is 10.4 Å². The first-order chi connectivity index (χ1) is 9.08. The third-order valence-corrected chi connectivity index (χ3v) is 3.52. The molecule has 0 spiro atoms. The Bertz CT molecular complexity index is 434. The average molecular weight is 285 g/mol. The lowest BCUT2D eigenvalue weighted by Crippen LogP contribution is -2.51. The third kappa shape index (κ3) is 3.78. The van der Waals surface area contributed by atoms with E-state index in [9.17, 15) is 4.79 Å². The molecule has 19 heavy (non-hydrogen) atoms. The van der Waals surface area contributed by atoms with E-state index in [1.807, 2.05) is 11.8 Å². The highest BCUT2D eigenvalue weighted by molar-refractivity contribution is 6.30. The van der Waals surface area contributed by atoms with Gasteiger partial charge in [0.15, 0.2) is 0 Å². The highest BCUT2D eigenvalue weighted by Crippen LogP contribution is 2.27. The predicted molar refractivity (Wildman–Crippen MR) is 72.4 cm³/mol. The number of halogens is 1. The molecule has 1 aliphatic rings. The maximum Gasteiger partial charge on any atom is 0.317 e. The molecular weight excluding hydrogens is 268 g/mol. The van der Waals surface area contributed by atoms with E-state index in [2.05, 4.69) is 15.3 Å². The molecule has 1 aromatic heterocycles. The Morgan fingerprint density at radius 2 is 2.16 bits per heavy atom. The number of carbonyl (C=O) groups is 1. The molecule has 0 amide bonds. The largest absolute Gasteiger partial charge is 0.480 e. The minimum atomic E-state index is -0.778. The fraction of sp³-hybridized carbons (Fsp3) is 0.583. The molecule has 0 aromatic carbocycles. The van der Waals surface area contributed by atoms with Gasteiger partial charge in [0.05, 0.1) is 24.0 Å². The molecule has 0 bridgehead atoms. The van der Waals surface area contributed by atoms with Crippen LogP contribution in [-0.4, -0.2) is 51.1 Å². The molecule has 7 heteroatoms. The van der Waals surface area contributed by atoms with E-state index in [0.29, 0.717) is 23.1 Å². The SMILES string of the molecule is CCN(CC(=O)O)C1CC(Nc2ncc(Cl)cn2)C1. The molecule has 1 aliphatic carbocycles. The van der Waals surface area contributed by atoms with Crippen molar-refractivity contribution >= 4 is 23.5 Å². The van der Waals surface area contributed by atoms with Crippen molar-refractivity contribution < 1.29 is 9.90 Å². The van der Waals surface area contributed by atoms with E-state index in [1.54, 1.807) is 12.4 Å². The lowest BCUT2D eigenvalue weighted by molar-refractivity contribution is -0.139. The van der Waals surface area contributed by atoms with Crippen LogP contribution in [0.1, 0.15) is 19.8 Å². The second-order valence-electron chi connectivity index (χ2n) is 4.65. The third-order valence-electron chi connectivity index (χ3n) is 3.33. The first kappa shape index (κ1) is 14.0. The van der Waals surface area contributed by atoms with Crippen LogP contribution in [0.15, 0.2) is 12.4 Å². The van der Waals surface area contributed by atoms with Crippen LogP contribution >= 0.6 is 11.6 Å². The van der Waals surface area contributed by atoms with E-state index in [4.69, 9.17) is 16.7 Å². The number of carboxylic acid groups (broad SMARTS) is 1. The number of carboxylic acids is 1. The average Bonchev–Trinajstić information content (AvgIpc) is 2.33. The summed E-state index contributed by atoms with van der Waals surface area (Å²) in [7, 11) is 0. The maximum atomic E-state index is 10.7. The summed E-state index contributed by atoms with van der Waals surface area (Å²) in [5.74, 6) is -0.214. The van der Waals surface area contributed by atoms with Gasteiger partial charge in [0.2, 0.25) is 5.95 Å². The Morgan fingerprint density at radius 1 is 1.53 bits per heavy atom. The smallest absolute Gasteiger partial charge is 0.317 e. The number of hydrogen-bond donors (Lipinski definition) is 2. The topological polar surface area (TPSA) is 78.4 Å². The number of aliphatic carboxylic acids is 1. The van der Waals surface area contributed by atoms with E-state index < -0.39 is 5.97 Å². The van der Waals surface area contributed by atoms with Crippen LogP contribution in [0.5, 0.6) is 0 Å². The minimum Gasteiger partial charge on any atom is -0.480 e. The lowest BCUT2D eigenvalue weighted by Gasteiger charge is -2.42. The summed E-state index contributed by atoms with van der Waals surface area (Å²) in [5, 5.41) is 12.5. The Morgan fingerprint density at radius 3 is 2.68 bits per heavy atom. The van der Waals surface area contributed by atoms with Crippen LogP contribution in [0.3, 0.4) is 0 Å². The van der Waals surface area contributed by atoms with Gasteiger partial charge in [-0.25, -0.2) is 9.97 Å². The van der Waals surface area contributed by atoms with Gasteiger partial charge in [-0.15, -0.1) is 0 Å². The number of aromatic nitrogens is 2. The molecule has 2 rings (SSSR count). The summed E-state index contributed by atoms with van der Waals surface area (Å²) in [4.78, 5) is 20.9. The zero-order valence-corrected chi connectivity index (χ0v) is 11.5. The summed E-state index contributed by atoms with van der Waals surface area (Å²) in [6.45, 7) is 2.83. The quantitative estimate of drug-likeness (QED) is 0.824. The molecule has 0 atom stereocenters. The van der Waals surface area contributed by atoms with E-state index in [-0.39, 0.29) is 6.54 Å². The van der Waals surface area contributed by atoms with Gasteiger partial charge in [0.25, 0.3) is 0 Å². The predicted octanol–water partition coefficient (Wildman–Crippen LogP) is 1.48. The normalized spacial score (nSPS) is 22.1. The zero-order valence-electron chi connectivity index (χ0n) is 10.7. The molecule has 1 aromatic rings. The van der Waals surface area contributed by atoms with Crippen molar-refractivity contribution in [3.8, 4) is 0 Å². The van der Waals surface area contributed by atoms with Crippen molar-refractivity contribution in [2.75, 3.05) is 18.4 Å². The Balaban J connectivity index is 1.79. The molecule has 6 nitrogen and oxygen atoms in total. The van der Waals surface area contributed by atoms with Crippen LogP contribution in [0.2, 0.25) is 5.02 Å². The van der Waals surface area contributed by atoms with Gasteiger partial charge in [-0.2, -0.15) is 0 Å². The van der Waals surface area contributed by atoms with Gasteiger partial charge >= 0.3 is 5.97 Å². The van der Waals surface area contributed by atoms with Crippen molar-refractivity contribution in [2.24, 2.45) is 0 Å². The maximum absolute atomic E-state index is 10.7. The van der Waals surface area contributed by atoms with E-state index >= 15 is 0 Å². The van der Waals surface area contributed by atoms with Gasteiger partial charge in [-0.3, -0.25) is 9.69 Å². The standard InChI is InChI=1S/C12H17ClN4O2/c1-2-17(7-11(18)19)10-3-9(4-10)16-12-14-5-8(13)6-15-12/h5-6,9-10H,2-4,7H2,1H3,(H,18,19)(H,14,15,16). The molecule has 0 radical (unpaired) electrons. The molecule has 1 saturated carbocycles. The van der Waals surface area contributed by atoms with Crippen LogP contribution in [0.4, 0.5) is 5.95 Å². The number of hydrogen-bond acceptors (Lipinski definition) is 5. The molecule has 104 valence electrons. The van der Waals surface area contributed by atoms with Crippen LogP contribution in [0, 0.1) is 0 Å². The first-order valence-corrected chi connectivity index (χ1v) is 6.66. The fourth-order valence-corrected chi connectivity index (χ4v) is 2.34. The number of likely N-dealkylation sites (N-methyl/N-ethyl adjacent to an activating group) is 1. The molecular formula is C12H17ClN4O2. The van der Waals surface area contributed by atoms with Gasteiger partial charge in [-0.1, -0.05) is 18.5 Å². The number of nitrogens with one attached hydrogen (secondary N) is 1. The lowest BCUT2D eigenvalue weighted by atomic mass is 9.85. The summed E-state index contributed by atoms with van der Waals surface area (Å²) in [6, 6.07) is 0.625. The van der Waals surface area contributed by atoms with Crippen LogP contribution in [0.25, 0.3) is 0 Å². The zero-order chi connectivity index (χ0) is 13.8. The summed E-state index contributed by atoms with van der Waals surface area (Å²) < 4.78 is 0. The summed E-state index contributed by atoms with van der Waals surface area (Å²) in [5.41, 5.74) is 0. The number of anilines is 1. The van der Waals surface area contributed by atoms with E-state index in [1.165, 1.54) is 0 Å². The van der Waals surface area contributed by atoms with Gasteiger partial charge in [0.1, 0.15) is 0 Å². The van der Waals surface area contributed by atoms with Crippen LogP contribution < -0.4 is 5.32 Å². The number of nitrogens with zero attached hydrogens (tertiary/aromatic N) is 3. The van der Waals surface area contributed by atoms with Crippen molar-refractivity contribution in [1.29, 1.82) is 0 Å². The van der Waals surface area contributed by atoms with E-state index in [0.717, 1.165) is 19.4 Å². The Hall–Kier alpha value is -1.40. The van der Waals surface area contributed by atoms with Crippen molar-refractivity contribution in [3.63, 3.8) is 0 Å². The first-order valence-electron chi connectivity index (χ1n) is 6.28. The van der Waals surface area contributed by atoms with Crippen molar-refractivity contribution in [3.05, 3.63) is 17.4 Å². The minimum absolute atomic E-state index is 0.103. The Kier molecular flexibility index (Phi) is 4.55. The van der Waals surface area contributed by atoms with Crippen molar-refractivity contribution in [1.82, 2.24) is 14.9 Å². The molecule has 0 aliphatic heterocycles. The second-order valence-corrected chi connectivity index (χ2v) is 5.08. The summed E-state index contributed by atoms with van der Waals surface area (Å²) >= 11 is 5.71. The van der Waals surface area contributed by atoms with Gasteiger partial charge in [-0.05, 0) is 19.4 Å². The molecule has 0 unspecified atom stereocenters. The second kappa shape index (κ2) is 6.16. The Labute approximate surface area is 116 Å². The van der Waals surface area contributed by atoms with Gasteiger partial charge in [0, 0.05) is 12.1 Å². The fourth-order valence-electron chi connectivity index (χ4n) is 2.25. The van der Waals surface area contributed by atoms with Crippen molar-refractivity contribution in [2.45, 2.75) is 31.8 Å². The van der Waals surface area contributed by atoms with Crippen LogP contribution in [-0.2, 0) is 4.79 Å². The molecule has 2 N–H and O–H groups in total. The molecule has 0 saturated heterocycles. The highest BCUT2D eigenvalue weighted by Gasteiger charge is 2.34. The summed E-state index contributed by atoms with van der Waals surface area (Å²) in [6.07, 6.45) is 4.92.